The van der Waals surface area contributed by atoms with Crippen LogP contribution in [-0.4, -0.2) is 24.3 Å². The molecule has 0 spiro atoms. The van der Waals surface area contributed by atoms with E-state index in [2.05, 4.69) is 24.8 Å². The quantitative estimate of drug-likeness (QED) is 0.642. The van der Waals surface area contributed by atoms with Gasteiger partial charge in [-0.3, -0.25) is 4.79 Å². The van der Waals surface area contributed by atoms with E-state index in [1.54, 1.807) is 6.08 Å². The molecular weight excluding hydrogens is 174 g/mol. The number of carbonyl (C=O) groups is 1. The third-order valence-electron chi connectivity index (χ3n) is 2.45. The van der Waals surface area contributed by atoms with Crippen LogP contribution in [0.5, 0.6) is 0 Å². The molecule has 0 heterocycles. The summed E-state index contributed by atoms with van der Waals surface area (Å²) in [5, 5.41) is 0. The molecule has 0 aromatic rings. The fraction of sp³-hybridized carbons (Fsp3) is 0.583. The van der Waals surface area contributed by atoms with Crippen LogP contribution in [0, 0.1) is 0 Å². The predicted molar refractivity (Wildman–Crippen MR) is 59.0 cm³/mol. The van der Waals surface area contributed by atoms with Crippen molar-refractivity contribution in [2.45, 2.75) is 33.1 Å². The number of ketones is 1. The molecule has 0 saturated carbocycles. The Labute approximate surface area is 86.3 Å². The highest BCUT2D eigenvalue weighted by Crippen LogP contribution is 2.17. The van der Waals surface area contributed by atoms with Crippen LogP contribution >= 0.6 is 0 Å². The molecule has 2 nitrogen and oxygen atoms in total. The second-order valence-corrected chi connectivity index (χ2v) is 4.12. The van der Waals surface area contributed by atoms with Crippen LogP contribution in [-0.2, 0) is 4.79 Å². The van der Waals surface area contributed by atoms with Gasteiger partial charge in [-0.25, -0.2) is 0 Å². The molecule has 0 unspecified atom stereocenters. The lowest BCUT2D eigenvalue weighted by Gasteiger charge is -2.23. The minimum Gasteiger partial charge on any atom is -0.374 e. The molecule has 14 heavy (non-hydrogen) atoms. The monoisotopic (exact) mass is 193 g/mol. The van der Waals surface area contributed by atoms with Crippen LogP contribution in [0.15, 0.2) is 23.4 Å². The molecule has 0 aromatic heterocycles. The number of nitrogens with zero attached hydrogens (tertiary/aromatic N) is 1. The first-order valence-electron chi connectivity index (χ1n) is 5.17. The fourth-order valence-corrected chi connectivity index (χ4v) is 1.51. The first-order valence-corrected chi connectivity index (χ1v) is 5.17. The maximum Gasteiger partial charge on any atom is 0.157 e. The smallest absolute Gasteiger partial charge is 0.157 e. The molecule has 1 aliphatic rings. The van der Waals surface area contributed by atoms with Crippen LogP contribution in [0.2, 0.25) is 0 Å². The van der Waals surface area contributed by atoms with E-state index in [4.69, 9.17) is 0 Å². The summed E-state index contributed by atoms with van der Waals surface area (Å²) in [5.74, 6) is 0.273. The average Bonchev–Trinajstić information content (AvgIpc) is 2.14. The Hall–Kier alpha value is -1.05. The van der Waals surface area contributed by atoms with Crippen molar-refractivity contribution in [3.8, 4) is 0 Å². The van der Waals surface area contributed by atoms with E-state index in [1.807, 2.05) is 7.05 Å². The van der Waals surface area contributed by atoms with Crippen molar-refractivity contribution in [2.75, 3.05) is 13.6 Å². The molecule has 0 radical (unpaired) electrons. The van der Waals surface area contributed by atoms with Gasteiger partial charge in [-0.1, -0.05) is 11.6 Å². The summed E-state index contributed by atoms with van der Waals surface area (Å²) < 4.78 is 0. The highest BCUT2D eigenvalue weighted by atomic mass is 16.1. The molecule has 0 atom stereocenters. The van der Waals surface area contributed by atoms with E-state index >= 15 is 0 Å². The molecule has 2 heteroatoms. The largest absolute Gasteiger partial charge is 0.374 e. The lowest BCUT2D eigenvalue weighted by molar-refractivity contribution is -0.115. The SMILES string of the molecule is CC(C)=CCN(C)C1=CC(=O)CCC1. The summed E-state index contributed by atoms with van der Waals surface area (Å²) in [4.78, 5) is 13.4. The molecule has 1 rings (SSSR count). The molecule has 78 valence electrons. The Morgan fingerprint density at radius 2 is 2.21 bits per heavy atom. The average molecular weight is 193 g/mol. The summed E-state index contributed by atoms with van der Waals surface area (Å²) >= 11 is 0. The fourth-order valence-electron chi connectivity index (χ4n) is 1.51. The number of rotatable bonds is 3. The second-order valence-electron chi connectivity index (χ2n) is 4.12. The van der Waals surface area contributed by atoms with Gasteiger partial charge in [0.15, 0.2) is 5.78 Å². The van der Waals surface area contributed by atoms with Gasteiger partial charge in [-0.05, 0) is 26.7 Å². The Kier molecular flexibility index (Phi) is 3.93. The van der Waals surface area contributed by atoms with Crippen molar-refractivity contribution in [3.63, 3.8) is 0 Å². The van der Waals surface area contributed by atoms with Crippen LogP contribution in [0.25, 0.3) is 0 Å². The molecule has 0 aliphatic heterocycles. The van der Waals surface area contributed by atoms with Gasteiger partial charge >= 0.3 is 0 Å². The summed E-state index contributed by atoms with van der Waals surface area (Å²) in [6, 6.07) is 0. The second kappa shape index (κ2) is 4.99. The number of hydrogen-bond acceptors (Lipinski definition) is 2. The lowest BCUT2D eigenvalue weighted by atomic mass is 10.0. The first kappa shape index (κ1) is 11.0. The van der Waals surface area contributed by atoms with Crippen molar-refractivity contribution in [3.05, 3.63) is 23.4 Å². The Bertz CT molecular complexity index is 272. The zero-order valence-corrected chi connectivity index (χ0v) is 9.34. The van der Waals surface area contributed by atoms with Crippen LogP contribution in [0.1, 0.15) is 33.1 Å². The Morgan fingerprint density at radius 1 is 1.50 bits per heavy atom. The third kappa shape index (κ3) is 3.36. The number of carbonyl (C=O) groups excluding carboxylic acids is 1. The zero-order valence-electron chi connectivity index (χ0n) is 9.34. The summed E-state index contributed by atoms with van der Waals surface area (Å²) in [6.45, 7) is 5.09. The van der Waals surface area contributed by atoms with E-state index in [1.165, 1.54) is 11.3 Å². The molecule has 0 bridgehead atoms. The standard InChI is InChI=1S/C12H19NO/c1-10(2)7-8-13(3)11-5-4-6-12(14)9-11/h7,9H,4-6,8H2,1-3H3. The van der Waals surface area contributed by atoms with Gasteiger partial charge in [0, 0.05) is 31.8 Å². The third-order valence-corrected chi connectivity index (χ3v) is 2.45. The number of likely N-dealkylation sites (N-methyl/N-ethyl adjacent to an activating group) is 1. The van der Waals surface area contributed by atoms with Crippen molar-refractivity contribution in [2.24, 2.45) is 0 Å². The van der Waals surface area contributed by atoms with E-state index < -0.39 is 0 Å². The van der Waals surface area contributed by atoms with Gasteiger partial charge in [0.25, 0.3) is 0 Å². The van der Waals surface area contributed by atoms with Gasteiger partial charge < -0.3 is 4.90 Å². The van der Waals surface area contributed by atoms with Gasteiger partial charge in [-0.2, -0.15) is 0 Å². The van der Waals surface area contributed by atoms with Crippen LogP contribution < -0.4 is 0 Å². The summed E-state index contributed by atoms with van der Waals surface area (Å²) in [7, 11) is 2.05. The van der Waals surface area contributed by atoms with Gasteiger partial charge in [0.2, 0.25) is 0 Å². The minimum atomic E-state index is 0.273. The number of allylic oxidation sites excluding steroid dienone is 3. The molecular formula is C12H19NO. The molecule has 0 saturated heterocycles. The van der Waals surface area contributed by atoms with E-state index in [0.29, 0.717) is 0 Å². The molecule has 0 aromatic carbocycles. The molecule has 0 N–H and O–H groups in total. The maximum absolute atomic E-state index is 11.2. The van der Waals surface area contributed by atoms with Crippen LogP contribution in [0.3, 0.4) is 0 Å². The van der Waals surface area contributed by atoms with Crippen molar-refractivity contribution < 1.29 is 4.79 Å². The minimum absolute atomic E-state index is 0.273. The topological polar surface area (TPSA) is 20.3 Å². The summed E-state index contributed by atoms with van der Waals surface area (Å²) in [6.07, 6.45) is 6.74. The summed E-state index contributed by atoms with van der Waals surface area (Å²) in [5.41, 5.74) is 2.50. The Morgan fingerprint density at radius 3 is 2.79 bits per heavy atom. The highest BCUT2D eigenvalue weighted by molar-refractivity contribution is 5.91. The van der Waals surface area contributed by atoms with E-state index in [0.717, 1.165) is 25.8 Å². The lowest BCUT2D eigenvalue weighted by Crippen LogP contribution is -2.21. The van der Waals surface area contributed by atoms with Crippen molar-refractivity contribution >= 4 is 5.78 Å². The Balaban J connectivity index is 2.55. The first-order chi connectivity index (χ1) is 6.59. The number of hydrogen-bond donors (Lipinski definition) is 0. The molecule has 1 aliphatic carbocycles. The maximum atomic E-state index is 11.2. The molecule has 0 amide bonds. The van der Waals surface area contributed by atoms with Gasteiger partial charge in [-0.15, -0.1) is 0 Å². The zero-order chi connectivity index (χ0) is 10.6. The van der Waals surface area contributed by atoms with Crippen molar-refractivity contribution in [1.82, 2.24) is 4.90 Å². The highest BCUT2D eigenvalue weighted by Gasteiger charge is 2.12. The molecule has 0 fully saturated rings. The van der Waals surface area contributed by atoms with Gasteiger partial charge in [0.05, 0.1) is 0 Å². The predicted octanol–water partition coefficient (Wildman–Crippen LogP) is 2.52. The van der Waals surface area contributed by atoms with Crippen molar-refractivity contribution in [1.29, 1.82) is 0 Å². The normalized spacial score (nSPS) is 16.2. The van der Waals surface area contributed by atoms with E-state index in [-0.39, 0.29) is 5.78 Å². The van der Waals surface area contributed by atoms with Crippen LogP contribution in [0.4, 0.5) is 0 Å². The van der Waals surface area contributed by atoms with Gasteiger partial charge in [0.1, 0.15) is 0 Å². The van der Waals surface area contributed by atoms with E-state index in [9.17, 15) is 4.79 Å².